The molecule has 0 aromatic carbocycles. The van der Waals surface area contributed by atoms with Crippen LogP contribution in [-0.4, -0.2) is 31.1 Å². The van der Waals surface area contributed by atoms with Gasteiger partial charge in [-0.05, 0) is 20.0 Å². The van der Waals surface area contributed by atoms with Gasteiger partial charge in [0.05, 0.1) is 0 Å². The summed E-state index contributed by atoms with van der Waals surface area (Å²) < 4.78 is 0. The quantitative estimate of drug-likeness (QED) is 0.472. The third-order valence-corrected chi connectivity index (χ3v) is 0.847. The standard InChI is InChI=1S/C5H11NO2/c1-6-3-2-5(8)4-7/h4-6,8H,2-3H2,1H3. The van der Waals surface area contributed by atoms with Gasteiger partial charge in [-0.2, -0.15) is 0 Å². The van der Waals surface area contributed by atoms with Crippen LogP contribution in [-0.2, 0) is 4.79 Å². The van der Waals surface area contributed by atoms with Gasteiger partial charge in [0.15, 0.2) is 0 Å². The highest BCUT2D eigenvalue weighted by Crippen LogP contribution is 1.81. The Kier molecular flexibility index (Phi) is 4.50. The zero-order valence-corrected chi connectivity index (χ0v) is 4.92. The number of hydrogen-bond acceptors (Lipinski definition) is 3. The Balaban J connectivity index is 2.98. The predicted octanol–water partition coefficient (Wildman–Crippen LogP) is -0.844. The minimum Gasteiger partial charge on any atom is -0.386 e. The fraction of sp³-hybridized carbons (Fsp3) is 0.800. The molecule has 0 aromatic heterocycles. The molecule has 1 atom stereocenters. The van der Waals surface area contributed by atoms with Crippen LogP contribution in [0.1, 0.15) is 6.42 Å². The van der Waals surface area contributed by atoms with Crippen molar-refractivity contribution in [1.29, 1.82) is 0 Å². The lowest BCUT2D eigenvalue weighted by molar-refractivity contribution is -0.115. The van der Waals surface area contributed by atoms with Crippen LogP contribution in [0.4, 0.5) is 0 Å². The first-order chi connectivity index (χ1) is 3.81. The molecule has 0 aliphatic rings. The van der Waals surface area contributed by atoms with Gasteiger partial charge < -0.3 is 15.2 Å². The van der Waals surface area contributed by atoms with E-state index in [2.05, 4.69) is 5.32 Å². The SMILES string of the molecule is CNCCC(O)C=O. The van der Waals surface area contributed by atoms with Crippen LogP contribution >= 0.6 is 0 Å². The molecule has 8 heavy (non-hydrogen) atoms. The zero-order chi connectivity index (χ0) is 6.41. The van der Waals surface area contributed by atoms with Gasteiger partial charge in [0.1, 0.15) is 12.4 Å². The first kappa shape index (κ1) is 7.59. The summed E-state index contributed by atoms with van der Waals surface area (Å²) >= 11 is 0. The maximum Gasteiger partial charge on any atom is 0.148 e. The predicted molar refractivity (Wildman–Crippen MR) is 30.6 cm³/mol. The third kappa shape index (κ3) is 3.77. The molecule has 1 unspecified atom stereocenters. The number of aliphatic hydroxyl groups is 1. The van der Waals surface area contributed by atoms with Crippen molar-refractivity contribution in [3.05, 3.63) is 0 Å². The van der Waals surface area contributed by atoms with Crippen LogP contribution in [0.5, 0.6) is 0 Å². The maximum absolute atomic E-state index is 9.73. The summed E-state index contributed by atoms with van der Waals surface area (Å²) in [6.07, 6.45) is 0.250. The van der Waals surface area contributed by atoms with E-state index in [1.807, 2.05) is 0 Å². The number of aldehydes is 1. The van der Waals surface area contributed by atoms with E-state index in [4.69, 9.17) is 5.11 Å². The van der Waals surface area contributed by atoms with Crippen molar-refractivity contribution < 1.29 is 9.90 Å². The molecule has 0 radical (unpaired) electrons. The molecule has 0 fully saturated rings. The van der Waals surface area contributed by atoms with Gasteiger partial charge in [-0.15, -0.1) is 0 Å². The van der Waals surface area contributed by atoms with Crippen LogP contribution < -0.4 is 5.32 Å². The van der Waals surface area contributed by atoms with Crippen LogP contribution in [0.25, 0.3) is 0 Å². The zero-order valence-electron chi connectivity index (χ0n) is 4.92. The number of carbonyl (C=O) groups is 1. The van der Waals surface area contributed by atoms with Crippen molar-refractivity contribution in [3.8, 4) is 0 Å². The molecule has 2 N–H and O–H groups in total. The number of rotatable bonds is 4. The molecule has 3 heteroatoms. The van der Waals surface area contributed by atoms with Crippen molar-refractivity contribution in [2.45, 2.75) is 12.5 Å². The van der Waals surface area contributed by atoms with Crippen LogP contribution in [0.15, 0.2) is 0 Å². The van der Waals surface area contributed by atoms with Gasteiger partial charge in [0.2, 0.25) is 0 Å². The molecule has 0 rings (SSSR count). The van der Waals surface area contributed by atoms with E-state index in [0.717, 1.165) is 0 Å². The van der Waals surface area contributed by atoms with E-state index < -0.39 is 6.10 Å². The van der Waals surface area contributed by atoms with Crippen LogP contribution in [0.3, 0.4) is 0 Å². The Hall–Kier alpha value is -0.410. The Bertz CT molecular complexity index is 65.4. The molecular weight excluding hydrogens is 106 g/mol. The van der Waals surface area contributed by atoms with Crippen molar-refractivity contribution in [3.63, 3.8) is 0 Å². The fourth-order valence-corrected chi connectivity index (χ4v) is 0.360. The lowest BCUT2D eigenvalue weighted by Gasteiger charge is -1.98. The highest BCUT2D eigenvalue weighted by molar-refractivity contribution is 5.55. The average molecular weight is 117 g/mol. The van der Waals surface area contributed by atoms with E-state index in [1.165, 1.54) is 0 Å². The second kappa shape index (κ2) is 4.74. The summed E-state index contributed by atoms with van der Waals surface area (Å²) in [5.41, 5.74) is 0. The normalized spacial score (nSPS) is 13.2. The monoisotopic (exact) mass is 117 g/mol. The van der Waals surface area contributed by atoms with Crippen molar-refractivity contribution in [2.75, 3.05) is 13.6 Å². The number of hydrogen-bond donors (Lipinski definition) is 2. The Labute approximate surface area is 48.7 Å². The molecule has 0 amide bonds. The van der Waals surface area contributed by atoms with Gasteiger partial charge >= 0.3 is 0 Å². The fourth-order valence-electron chi connectivity index (χ4n) is 0.360. The molecular formula is C5H11NO2. The first-order valence-electron chi connectivity index (χ1n) is 2.59. The van der Waals surface area contributed by atoms with Crippen molar-refractivity contribution >= 4 is 6.29 Å². The van der Waals surface area contributed by atoms with E-state index in [1.54, 1.807) is 7.05 Å². The minimum absolute atomic E-state index is 0.500. The largest absolute Gasteiger partial charge is 0.386 e. The van der Waals surface area contributed by atoms with Crippen molar-refractivity contribution in [1.82, 2.24) is 5.32 Å². The second-order valence-electron chi connectivity index (χ2n) is 1.60. The molecule has 0 bridgehead atoms. The van der Waals surface area contributed by atoms with Gasteiger partial charge in [-0.3, -0.25) is 0 Å². The Morgan fingerprint density at radius 3 is 2.88 bits per heavy atom. The Morgan fingerprint density at radius 2 is 2.50 bits per heavy atom. The molecule has 0 saturated heterocycles. The Morgan fingerprint density at radius 1 is 1.88 bits per heavy atom. The lowest BCUT2D eigenvalue weighted by Crippen LogP contribution is -2.17. The molecule has 0 spiro atoms. The van der Waals surface area contributed by atoms with Crippen LogP contribution in [0, 0.1) is 0 Å². The summed E-state index contributed by atoms with van der Waals surface area (Å²) in [4.78, 5) is 9.73. The topological polar surface area (TPSA) is 49.3 Å². The van der Waals surface area contributed by atoms with Crippen molar-refractivity contribution in [2.24, 2.45) is 0 Å². The lowest BCUT2D eigenvalue weighted by atomic mass is 10.3. The number of nitrogens with one attached hydrogen (secondary N) is 1. The maximum atomic E-state index is 9.73. The average Bonchev–Trinajstić information content (AvgIpc) is 1.83. The van der Waals surface area contributed by atoms with Gasteiger partial charge in [-0.25, -0.2) is 0 Å². The smallest absolute Gasteiger partial charge is 0.148 e. The van der Waals surface area contributed by atoms with E-state index in [0.29, 0.717) is 19.3 Å². The first-order valence-corrected chi connectivity index (χ1v) is 2.59. The molecule has 48 valence electrons. The molecule has 3 nitrogen and oxygen atoms in total. The molecule has 0 aliphatic carbocycles. The van der Waals surface area contributed by atoms with E-state index >= 15 is 0 Å². The van der Waals surface area contributed by atoms with Gasteiger partial charge in [-0.1, -0.05) is 0 Å². The highest BCUT2D eigenvalue weighted by Gasteiger charge is 1.96. The van der Waals surface area contributed by atoms with E-state index in [-0.39, 0.29) is 0 Å². The molecule has 0 aliphatic heterocycles. The summed E-state index contributed by atoms with van der Waals surface area (Å²) in [5.74, 6) is 0. The van der Waals surface area contributed by atoms with Gasteiger partial charge in [0.25, 0.3) is 0 Å². The highest BCUT2D eigenvalue weighted by atomic mass is 16.3. The summed E-state index contributed by atoms with van der Waals surface area (Å²) in [6.45, 7) is 0.680. The number of carbonyl (C=O) groups excluding carboxylic acids is 1. The summed E-state index contributed by atoms with van der Waals surface area (Å²) in [5, 5.41) is 11.4. The second-order valence-corrected chi connectivity index (χ2v) is 1.60. The minimum atomic E-state index is -0.789. The third-order valence-electron chi connectivity index (χ3n) is 0.847. The van der Waals surface area contributed by atoms with E-state index in [9.17, 15) is 4.79 Å². The molecule has 0 saturated carbocycles. The summed E-state index contributed by atoms with van der Waals surface area (Å²) in [6, 6.07) is 0. The number of aliphatic hydroxyl groups excluding tert-OH is 1. The molecule has 0 aromatic rings. The van der Waals surface area contributed by atoms with Crippen LogP contribution in [0.2, 0.25) is 0 Å². The molecule has 0 heterocycles. The summed E-state index contributed by atoms with van der Waals surface area (Å²) in [7, 11) is 1.78. The van der Waals surface area contributed by atoms with Gasteiger partial charge in [0, 0.05) is 0 Å².